The lowest BCUT2D eigenvalue weighted by molar-refractivity contribution is -0.139. The fraction of sp³-hybridized carbons (Fsp3) is 0.174. The van der Waals surface area contributed by atoms with Crippen LogP contribution in [0.5, 0.6) is 5.75 Å². The van der Waals surface area contributed by atoms with Gasteiger partial charge in [0.15, 0.2) is 0 Å². The second-order valence-corrected chi connectivity index (χ2v) is 6.65. The summed E-state index contributed by atoms with van der Waals surface area (Å²) in [4.78, 5) is 26.8. The molecule has 0 amide bonds. The lowest BCUT2D eigenvalue weighted by Crippen LogP contribution is -2.41. The van der Waals surface area contributed by atoms with E-state index in [1.807, 2.05) is 6.07 Å². The van der Waals surface area contributed by atoms with Crippen molar-refractivity contribution >= 4 is 17.6 Å². The van der Waals surface area contributed by atoms with E-state index in [2.05, 4.69) is 0 Å². The van der Waals surface area contributed by atoms with Crippen LogP contribution in [0.2, 0.25) is 0 Å². The number of esters is 2. The number of allylic oxidation sites excluding steroid dienone is 1. The van der Waals surface area contributed by atoms with Crippen molar-refractivity contribution in [2.24, 2.45) is 5.73 Å². The zero-order valence-corrected chi connectivity index (χ0v) is 17.6. The number of ether oxygens (including phenoxy) is 3. The zero-order valence-electron chi connectivity index (χ0n) is 17.6. The fourth-order valence-corrected chi connectivity index (χ4v) is 3.55. The smallest absolute Gasteiger partial charge is 0.355 e. The highest BCUT2D eigenvalue weighted by Gasteiger charge is 2.43. The molecule has 3 rings (SSSR count). The summed E-state index contributed by atoms with van der Waals surface area (Å²) in [7, 11) is 3.63. The van der Waals surface area contributed by atoms with Crippen LogP contribution in [-0.4, -0.2) is 33.3 Å². The molecule has 2 aromatic rings. The third-order valence-electron chi connectivity index (χ3n) is 5.00. The summed E-state index contributed by atoms with van der Waals surface area (Å²) >= 11 is 0. The minimum absolute atomic E-state index is 0.0635. The van der Waals surface area contributed by atoms with Crippen LogP contribution < -0.4 is 15.4 Å². The minimum atomic E-state index is -1.03. The average Bonchev–Trinajstić information content (AvgIpc) is 2.83. The molecule has 8 nitrogen and oxygen atoms in total. The van der Waals surface area contributed by atoms with E-state index in [-0.39, 0.29) is 34.1 Å². The summed E-state index contributed by atoms with van der Waals surface area (Å²) in [5, 5.41) is 9.96. The van der Waals surface area contributed by atoms with Crippen LogP contribution in [0.15, 0.2) is 71.2 Å². The Hall–Kier alpha value is -4.32. The van der Waals surface area contributed by atoms with Gasteiger partial charge in [0.2, 0.25) is 0 Å². The number of halogens is 1. The van der Waals surface area contributed by atoms with E-state index in [0.29, 0.717) is 5.56 Å². The number of nitriles is 1. The number of nitrogens with two attached hydrogens (primary N) is 1. The summed E-state index contributed by atoms with van der Waals surface area (Å²) < 4.78 is 29.9. The molecule has 0 saturated heterocycles. The number of carbonyl (C=O) groups is 2. The van der Waals surface area contributed by atoms with Gasteiger partial charge in [-0.3, -0.25) is 4.90 Å². The fourth-order valence-electron chi connectivity index (χ4n) is 3.55. The van der Waals surface area contributed by atoms with Crippen molar-refractivity contribution in [3.8, 4) is 11.8 Å². The van der Waals surface area contributed by atoms with E-state index in [4.69, 9.17) is 19.9 Å². The number of hydrogen-bond acceptors (Lipinski definition) is 8. The van der Waals surface area contributed by atoms with E-state index in [9.17, 15) is 19.2 Å². The number of carbonyl (C=O) groups excluding carboxylic acids is 2. The topological polar surface area (TPSA) is 115 Å². The molecule has 0 saturated carbocycles. The van der Waals surface area contributed by atoms with Crippen molar-refractivity contribution in [2.45, 2.75) is 5.92 Å². The molecule has 2 aromatic carbocycles. The average molecular weight is 437 g/mol. The zero-order chi connectivity index (χ0) is 23.4. The number of rotatable bonds is 5. The van der Waals surface area contributed by atoms with Crippen LogP contribution in [-0.2, 0) is 19.1 Å². The Labute approximate surface area is 183 Å². The molecule has 0 radical (unpaired) electrons. The van der Waals surface area contributed by atoms with E-state index >= 15 is 0 Å². The maximum atomic E-state index is 14.9. The second-order valence-electron chi connectivity index (χ2n) is 6.65. The molecular formula is C23H20FN3O5. The first-order valence-corrected chi connectivity index (χ1v) is 9.38. The summed E-state index contributed by atoms with van der Waals surface area (Å²) in [5.41, 5.74) is 5.99. The highest BCUT2D eigenvalue weighted by molar-refractivity contribution is 6.06. The van der Waals surface area contributed by atoms with Crippen molar-refractivity contribution < 1.29 is 28.2 Å². The minimum Gasteiger partial charge on any atom is -0.497 e. The van der Waals surface area contributed by atoms with Crippen LogP contribution in [0.4, 0.5) is 10.1 Å². The van der Waals surface area contributed by atoms with Gasteiger partial charge in [0.1, 0.15) is 23.1 Å². The van der Waals surface area contributed by atoms with Gasteiger partial charge in [-0.25, -0.2) is 14.0 Å². The second kappa shape index (κ2) is 9.22. The molecule has 1 unspecified atom stereocenters. The van der Waals surface area contributed by atoms with Crippen molar-refractivity contribution in [2.75, 3.05) is 26.2 Å². The summed E-state index contributed by atoms with van der Waals surface area (Å²) in [6.07, 6.45) is 0. The molecule has 9 heteroatoms. The van der Waals surface area contributed by atoms with Gasteiger partial charge in [0, 0.05) is 6.07 Å². The van der Waals surface area contributed by atoms with Crippen LogP contribution in [0, 0.1) is 17.1 Å². The Morgan fingerprint density at radius 2 is 1.72 bits per heavy atom. The third kappa shape index (κ3) is 3.74. The maximum absolute atomic E-state index is 14.9. The molecular weight excluding hydrogens is 417 g/mol. The lowest BCUT2D eigenvalue weighted by atomic mass is 9.81. The molecule has 0 spiro atoms. The van der Waals surface area contributed by atoms with Crippen LogP contribution >= 0.6 is 0 Å². The Morgan fingerprint density at radius 1 is 1.06 bits per heavy atom. The van der Waals surface area contributed by atoms with Gasteiger partial charge in [-0.05, 0) is 17.7 Å². The van der Waals surface area contributed by atoms with E-state index < -0.39 is 23.7 Å². The first-order chi connectivity index (χ1) is 15.4. The van der Waals surface area contributed by atoms with Gasteiger partial charge in [0.05, 0.1) is 50.2 Å². The summed E-state index contributed by atoms with van der Waals surface area (Å²) in [6.45, 7) is 0. The Balaban J connectivity index is 2.44. The molecule has 1 atom stereocenters. The largest absolute Gasteiger partial charge is 0.497 e. The Bertz CT molecular complexity index is 1170. The normalized spacial score (nSPS) is 15.8. The number of nitrogens with zero attached hydrogens (tertiary/aromatic N) is 2. The molecule has 1 heterocycles. The van der Waals surface area contributed by atoms with Crippen LogP contribution in [0.25, 0.3) is 0 Å². The van der Waals surface area contributed by atoms with Crippen molar-refractivity contribution in [3.63, 3.8) is 0 Å². The van der Waals surface area contributed by atoms with Gasteiger partial charge < -0.3 is 19.9 Å². The highest BCUT2D eigenvalue weighted by Crippen LogP contribution is 2.44. The molecule has 0 aliphatic carbocycles. The molecule has 164 valence electrons. The first-order valence-electron chi connectivity index (χ1n) is 9.38. The van der Waals surface area contributed by atoms with Crippen molar-refractivity contribution in [3.05, 3.63) is 82.6 Å². The molecule has 1 aliphatic rings. The Kier molecular flexibility index (Phi) is 6.45. The standard InChI is InChI=1S/C23H20FN3O5/c1-30-14-9-10-16(24)17(11-14)27-20(23(29)32-3)19(22(28)31-2)18(15(12-25)21(27)26)13-7-5-4-6-8-13/h4-11,18H,26H2,1-3H3. The van der Waals surface area contributed by atoms with E-state index in [1.54, 1.807) is 30.3 Å². The molecule has 1 aliphatic heterocycles. The Morgan fingerprint density at radius 3 is 2.28 bits per heavy atom. The number of methoxy groups -OCH3 is 3. The first kappa shape index (κ1) is 22.4. The van der Waals surface area contributed by atoms with Gasteiger partial charge in [-0.1, -0.05) is 30.3 Å². The van der Waals surface area contributed by atoms with Crippen LogP contribution in [0.1, 0.15) is 11.5 Å². The molecule has 0 fully saturated rings. The predicted molar refractivity (Wildman–Crippen MR) is 112 cm³/mol. The van der Waals surface area contributed by atoms with E-state index in [1.165, 1.54) is 19.2 Å². The quantitative estimate of drug-likeness (QED) is 0.710. The van der Waals surface area contributed by atoms with E-state index in [0.717, 1.165) is 25.2 Å². The van der Waals surface area contributed by atoms with Crippen molar-refractivity contribution in [1.82, 2.24) is 0 Å². The van der Waals surface area contributed by atoms with Gasteiger partial charge >= 0.3 is 11.9 Å². The third-order valence-corrected chi connectivity index (χ3v) is 5.00. The molecule has 0 aromatic heterocycles. The molecule has 2 N–H and O–H groups in total. The highest BCUT2D eigenvalue weighted by atomic mass is 19.1. The number of anilines is 1. The number of benzene rings is 2. The number of hydrogen-bond donors (Lipinski definition) is 1. The van der Waals surface area contributed by atoms with Crippen molar-refractivity contribution in [1.29, 1.82) is 5.26 Å². The monoisotopic (exact) mass is 437 g/mol. The molecule has 32 heavy (non-hydrogen) atoms. The van der Waals surface area contributed by atoms with Gasteiger partial charge in [-0.15, -0.1) is 0 Å². The van der Waals surface area contributed by atoms with Gasteiger partial charge in [-0.2, -0.15) is 5.26 Å². The predicted octanol–water partition coefficient (Wildman–Crippen LogP) is 2.73. The maximum Gasteiger partial charge on any atom is 0.355 e. The van der Waals surface area contributed by atoms with Crippen LogP contribution in [0.3, 0.4) is 0 Å². The van der Waals surface area contributed by atoms with Gasteiger partial charge in [0.25, 0.3) is 0 Å². The molecule has 0 bridgehead atoms. The summed E-state index contributed by atoms with van der Waals surface area (Å²) in [6, 6.07) is 14.3. The lowest BCUT2D eigenvalue weighted by Gasteiger charge is -2.36. The SMILES string of the molecule is COC(=O)C1=C(C(=O)OC)N(c2cc(OC)ccc2F)C(N)=C(C#N)C1c1ccccc1. The summed E-state index contributed by atoms with van der Waals surface area (Å²) in [5.74, 6) is -3.63.